The molecule has 0 saturated carbocycles. The fourth-order valence-electron chi connectivity index (χ4n) is 2.56. The lowest BCUT2D eigenvalue weighted by Crippen LogP contribution is -2.31. The summed E-state index contributed by atoms with van der Waals surface area (Å²) in [4.78, 5) is 24.7. The van der Waals surface area contributed by atoms with Crippen LogP contribution in [0.4, 0.5) is 11.4 Å². The van der Waals surface area contributed by atoms with E-state index in [2.05, 4.69) is 15.5 Å². The van der Waals surface area contributed by atoms with Crippen LogP contribution in [0.1, 0.15) is 6.92 Å². The Bertz CT molecular complexity index is 988. The Balaban J connectivity index is 2.30. The Hall–Kier alpha value is -3.04. The van der Waals surface area contributed by atoms with E-state index in [4.69, 9.17) is 42.1 Å². The average Bonchev–Trinajstić information content (AvgIpc) is 2.74. The Morgan fingerprint density at radius 1 is 0.903 bits per heavy atom. The Morgan fingerprint density at radius 2 is 1.48 bits per heavy atom. The molecule has 0 radical (unpaired) electrons. The van der Waals surface area contributed by atoms with Crippen molar-refractivity contribution in [1.82, 2.24) is 0 Å². The molecule has 0 saturated heterocycles. The second-order valence-electron chi connectivity index (χ2n) is 6.08. The third-order valence-electron chi connectivity index (χ3n) is 4.05. The predicted octanol–water partition coefficient (Wildman–Crippen LogP) is 4.71. The summed E-state index contributed by atoms with van der Waals surface area (Å²) < 4.78 is 20.7. The normalized spacial score (nSPS) is 11.7. The third kappa shape index (κ3) is 5.77. The number of hydrogen-bond acceptors (Lipinski definition) is 8. The lowest BCUT2D eigenvalue weighted by atomic mass is 10.2. The molecular formula is C20H21Cl2N3O6. The molecule has 1 N–H and O–H groups in total. The van der Waals surface area contributed by atoms with Gasteiger partial charge in [-0.3, -0.25) is 9.59 Å². The van der Waals surface area contributed by atoms with Crippen LogP contribution in [-0.4, -0.2) is 46.2 Å². The average molecular weight is 470 g/mol. The van der Waals surface area contributed by atoms with Crippen molar-refractivity contribution in [1.29, 1.82) is 0 Å². The van der Waals surface area contributed by atoms with Gasteiger partial charge in [0.2, 0.25) is 6.04 Å². The molecule has 0 aromatic heterocycles. The van der Waals surface area contributed by atoms with Crippen LogP contribution >= 0.6 is 23.2 Å². The third-order valence-corrected chi connectivity index (χ3v) is 4.71. The molecule has 11 heteroatoms. The molecule has 166 valence electrons. The number of hydrogen-bond donors (Lipinski definition) is 1. The zero-order valence-electron chi connectivity index (χ0n) is 17.5. The van der Waals surface area contributed by atoms with Crippen molar-refractivity contribution in [2.75, 3.05) is 33.8 Å². The number of halogens is 2. The molecule has 0 bridgehead atoms. The first-order valence-corrected chi connectivity index (χ1v) is 9.56. The Morgan fingerprint density at radius 3 is 1.97 bits per heavy atom. The van der Waals surface area contributed by atoms with Gasteiger partial charge in [0, 0.05) is 23.9 Å². The summed E-state index contributed by atoms with van der Waals surface area (Å²) in [5.41, 5.74) is 0.579. The van der Waals surface area contributed by atoms with E-state index >= 15 is 0 Å². The number of nitrogens with zero attached hydrogens (tertiary/aromatic N) is 2. The summed E-state index contributed by atoms with van der Waals surface area (Å²) in [7, 11) is 5.73. The van der Waals surface area contributed by atoms with Crippen molar-refractivity contribution in [3.05, 3.63) is 34.3 Å². The number of rotatable bonds is 9. The molecule has 0 aliphatic carbocycles. The smallest absolute Gasteiger partial charge is 0.258 e. The van der Waals surface area contributed by atoms with Gasteiger partial charge in [-0.2, -0.15) is 10.2 Å². The van der Waals surface area contributed by atoms with Crippen LogP contribution in [0, 0.1) is 0 Å². The van der Waals surface area contributed by atoms with Gasteiger partial charge in [0.25, 0.3) is 5.91 Å². The number of carbonyl (C=O) groups excluding carboxylic acids is 2. The van der Waals surface area contributed by atoms with Gasteiger partial charge in [0.1, 0.15) is 16.5 Å². The van der Waals surface area contributed by atoms with Crippen molar-refractivity contribution >= 4 is 46.3 Å². The van der Waals surface area contributed by atoms with E-state index < -0.39 is 17.7 Å². The molecule has 0 fully saturated rings. The van der Waals surface area contributed by atoms with Crippen LogP contribution in [0.2, 0.25) is 10.0 Å². The number of Topliss-reactive ketones (excluding diaryl/α,β-unsaturated/α-hetero) is 1. The summed E-state index contributed by atoms with van der Waals surface area (Å²) in [5.74, 6) is 0.0206. The van der Waals surface area contributed by atoms with Gasteiger partial charge in [-0.05, 0) is 13.0 Å². The van der Waals surface area contributed by atoms with Gasteiger partial charge in [0.05, 0.1) is 39.1 Å². The molecule has 1 atom stereocenters. The number of carbonyl (C=O) groups is 2. The first-order valence-electron chi connectivity index (χ1n) is 8.80. The minimum absolute atomic E-state index is 0.236. The molecule has 31 heavy (non-hydrogen) atoms. The quantitative estimate of drug-likeness (QED) is 0.420. The van der Waals surface area contributed by atoms with E-state index in [1.54, 1.807) is 0 Å². The van der Waals surface area contributed by atoms with Crippen molar-refractivity contribution in [3.8, 4) is 23.0 Å². The summed E-state index contributed by atoms with van der Waals surface area (Å²) in [6.45, 7) is 1.23. The number of anilines is 1. The molecule has 1 amide bonds. The summed E-state index contributed by atoms with van der Waals surface area (Å²) in [6, 6.07) is 4.56. The first-order chi connectivity index (χ1) is 14.7. The summed E-state index contributed by atoms with van der Waals surface area (Å²) >= 11 is 12.3. The van der Waals surface area contributed by atoms with E-state index in [0.29, 0.717) is 17.2 Å². The maximum atomic E-state index is 12.7. The van der Waals surface area contributed by atoms with Crippen LogP contribution < -0.4 is 24.3 Å². The highest BCUT2D eigenvalue weighted by atomic mass is 35.5. The SMILES string of the molecule is COc1cc(NC(=O)C(N=Nc2cc(Cl)c(OC)c(OC)c2)C(C)=O)cc(OC)c1Cl. The van der Waals surface area contributed by atoms with Crippen LogP contribution in [-0.2, 0) is 9.59 Å². The van der Waals surface area contributed by atoms with Crippen molar-refractivity contribution in [2.24, 2.45) is 10.2 Å². The largest absolute Gasteiger partial charge is 0.495 e. The fraction of sp³-hybridized carbons (Fsp3) is 0.300. The number of benzene rings is 2. The number of ether oxygens (including phenoxy) is 4. The zero-order chi connectivity index (χ0) is 23.1. The van der Waals surface area contributed by atoms with E-state index in [1.807, 2.05) is 0 Å². The Kier molecular flexibility index (Phi) is 8.47. The standard InChI is InChI=1S/C20H21Cl2N3O6/c1-10(26)18(25-24-12-6-13(21)19(31-5)16(9-12)30-4)20(27)23-11-7-14(28-2)17(22)15(8-11)29-3/h6-9,18H,1-5H3,(H,23,27). The highest BCUT2D eigenvalue weighted by Crippen LogP contribution is 2.39. The van der Waals surface area contributed by atoms with E-state index in [-0.39, 0.29) is 27.2 Å². The number of azo groups is 1. The maximum absolute atomic E-state index is 12.7. The highest BCUT2D eigenvalue weighted by molar-refractivity contribution is 6.33. The number of ketones is 1. The van der Waals surface area contributed by atoms with E-state index in [9.17, 15) is 9.59 Å². The van der Waals surface area contributed by atoms with Gasteiger partial charge in [-0.15, -0.1) is 0 Å². The minimum Gasteiger partial charge on any atom is -0.495 e. The molecule has 0 spiro atoms. The maximum Gasteiger partial charge on any atom is 0.258 e. The van der Waals surface area contributed by atoms with Gasteiger partial charge in [-0.25, -0.2) is 0 Å². The topological polar surface area (TPSA) is 108 Å². The molecule has 0 aliphatic heterocycles. The van der Waals surface area contributed by atoms with Crippen LogP contribution in [0.25, 0.3) is 0 Å². The highest BCUT2D eigenvalue weighted by Gasteiger charge is 2.24. The Labute approximate surface area is 189 Å². The summed E-state index contributed by atoms with van der Waals surface area (Å²) in [6.07, 6.45) is 0. The number of amides is 1. The van der Waals surface area contributed by atoms with E-state index in [0.717, 1.165) is 0 Å². The molecule has 9 nitrogen and oxygen atoms in total. The zero-order valence-corrected chi connectivity index (χ0v) is 19.0. The van der Waals surface area contributed by atoms with E-state index in [1.165, 1.54) is 59.6 Å². The minimum atomic E-state index is -1.40. The number of methoxy groups -OCH3 is 4. The molecule has 1 unspecified atom stereocenters. The van der Waals surface area contributed by atoms with Gasteiger partial charge in [-0.1, -0.05) is 23.2 Å². The number of nitrogens with one attached hydrogen (secondary N) is 1. The van der Waals surface area contributed by atoms with Crippen molar-refractivity contribution < 1.29 is 28.5 Å². The van der Waals surface area contributed by atoms with Crippen molar-refractivity contribution in [3.63, 3.8) is 0 Å². The lowest BCUT2D eigenvalue weighted by Gasteiger charge is -2.14. The van der Waals surface area contributed by atoms with Gasteiger partial charge >= 0.3 is 0 Å². The second-order valence-corrected chi connectivity index (χ2v) is 6.86. The van der Waals surface area contributed by atoms with Crippen molar-refractivity contribution in [2.45, 2.75) is 13.0 Å². The molecule has 2 aromatic carbocycles. The molecule has 2 aromatic rings. The lowest BCUT2D eigenvalue weighted by molar-refractivity contribution is -0.126. The second kappa shape index (κ2) is 10.8. The monoisotopic (exact) mass is 469 g/mol. The molecular weight excluding hydrogens is 449 g/mol. The molecule has 2 rings (SSSR count). The van der Waals surface area contributed by atoms with Crippen LogP contribution in [0.3, 0.4) is 0 Å². The predicted molar refractivity (Wildman–Crippen MR) is 117 cm³/mol. The van der Waals surface area contributed by atoms with Crippen LogP contribution in [0.5, 0.6) is 23.0 Å². The first kappa shape index (κ1) is 24.2. The molecule has 0 heterocycles. The fourth-order valence-corrected chi connectivity index (χ4v) is 3.10. The van der Waals surface area contributed by atoms with Gasteiger partial charge in [0.15, 0.2) is 17.3 Å². The summed E-state index contributed by atoms with van der Waals surface area (Å²) in [5, 5.41) is 10.9. The van der Waals surface area contributed by atoms with Gasteiger partial charge < -0.3 is 24.3 Å². The van der Waals surface area contributed by atoms with Crippen LogP contribution in [0.15, 0.2) is 34.5 Å². The molecule has 0 aliphatic rings.